The Labute approximate surface area is 134 Å². The van der Waals surface area contributed by atoms with E-state index in [0.717, 1.165) is 6.42 Å². The minimum atomic E-state index is -0.879. The SMILES string of the molecule is C[C@H]1c2ccccc2C[C@H]1NC(=O)c1cnn(CC(O)CO)c1. The highest BCUT2D eigenvalue weighted by molar-refractivity contribution is 5.94. The lowest BCUT2D eigenvalue weighted by Crippen LogP contribution is -2.36. The Morgan fingerprint density at radius 2 is 2.26 bits per heavy atom. The summed E-state index contributed by atoms with van der Waals surface area (Å²) in [5, 5.41) is 25.4. The van der Waals surface area contributed by atoms with Crippen LogP contribution < -0.4 is 5.32 Å². The Morgan fingerprint density at radius 1 is 1.48 bits per heavy atom. The van der Waals surface area contributed by atoms with Crippen molar-refractivity contribution >= 4 is 5.91 Å². The van der Waals surface area contributed by atoms with Crippen LogP contribution in [0.3, 0.4) is 0 Å². The molecule has 0 fully saturated rings. The molecular weight excluding hydrogens is 294 g/mol. The molecule has 6 nitrogen and oxygen atoms in total. The first-order chi connectivity index (χ1) is 11.1. The molecule has 0 spiro atoms. The molecule has 2 aromatic rings. The summed E-state index contributed by atoms with van der Waals surface area (Å²) in [7, 11) is 0. The number of benzene rings is 1. The number of nitrogens with one attached hydrogen (secondary N) is 1. The average molecular weight is 315 g/mol. The standard InChI is InChI=1S/C17H21N3O3/c1-11-15-5-3-2-4-12(15)6-16(11)19-17(23)13-7-18-20(8-13)9-14(22)10-21/h2-5,7-8,11,14,16,21-22H,6,9-10H2,1H3,(H,19,23)/t11-,14?,16+/m0/s1. The summed E-state index contributed by atoms with van der Waals surface area (Å²) in [5.74, 6) is 0.112. The minimum Gasteiger partial charge on any atom is -0.394 e. The van der Waals surface area contributed by atoms with E-state index in [0.29, 0.717) is 5.56 Å². The van der Waals surface area contributed by atoms with Crippen LogP contribution in [0.4, 0.5) is 0 Å². The van der Waals surface area contributed by atoms with Crippen LogP contribution in [-0.4, -0.2) is 44.7 Å². The number of aliphatic hydroxyl groups excluding tert-OH is 2. The summed E-state index contributed by atoms with van der Waals surface area (Å²) >= 11 is 0. The van der Waals surface area contributed by atoms with Crippen LogP contribution in [0.5, 0.6) is 0 Å². The van der Waals surface area contributed by atoms with E-state index in [1.54, 1.807) is 6.20 Å². The summed E-state index contributed by atoms with van der Waals surface area (Å²) < 4.78 is 1.46. The fraction of sp³-hybridized carbons (Fsp3) is 0.412. The predicted molar refractivity (Wildman–Crippen MR) is 85.1 cm³/mol. The lowest BCUT2D eigenvalue weighted by atomic mass is 10.0. The van der Waals surface area contributed by atoms with Gasteiger partial charge in [-0.25, -0.2) is 0 Å². The lowest BCUT2D eigenvalue weighted by Gasteiger charge is -2.17. The number of carbonyl (C=O) groups excluding carboxylic acids is 1. The normalized spacial score (nSPS) is 21.0. The molecule has 1 aliphatic carbocycles. The second kappa shape index (κ2) is 6.52. The van der Waals surface area contributed by atoms with Crippen molar-refractivity contribution < 1.29 is 15.0 Å². The highest BCUT2D eigenvalue weighted by atomic mass is 16.3. The summed E-state index contributed by atoms with van der Waals surface area (Å²) in [4.78, 5) is 12.4. The monoisotopic (exact) mass is 315 g/mol. The zero-order valence-electron chi connectivity index (χ0n) is 13.0. The molecule has 1 aromatic carbocycles. The van der Waals surface area contributed by atoms with Gasteiger partial charge in [-0.05, 0) is 17.5 Å². The Bertz CT molecular complexity index is 698. The van der Waals surface area contributed by atoms with Gasteiger partial charge in [0.25, 0.3) is 5.91 Å². The van der Waals surface area contributed by atoms with Crippen LogP contribution in [0.15, 0.2) is 36.7 Å². The van der Waals surface area contributed by atoms with Crippen molar-refractivity contribution in [3.63, 3.8) is 0 Å². The van der Waals surface area contributed by atoms with Crippen molar-refractivity contribution in [1.82, 2.24) is 15.1 Å². The molecule has 6 heteroatoms. The third-order valence-electron chi connectivity index (χ3n) is 4.41. The van der Waals surface area contributed by atoms with Gasteiger partial charge in [0.1, 0.15) is 0 Å². The highest BCUT2D eigenvalue weighted by Gasteiger charge is 2.30. The van der Waals surface area contributed by atoms with E-state index < -0.39 is 6.10 Å². The molecule has 23 heavy (non-hydrogen) atoms. The summed E-state index contributed by atoms with van der Waals surface area (Å²) in [6.07, 6.45) is 3.02. The first-order valence-electron chi connectivity index (χ1n) is 7.78. The van der Waals surface area contributed by atoms with E-state index in [-0.39, 0.29) is 31.0 Å². The second-order valence-corrected chi connectivity index (χ2v) is 6.06. The van der Waals surface area contributed by atoms with Crippen molar-refractivity contribution in [2.75, 3.05) is 6.61 Å². The largest absolute Gasteiger partial charge is 0.394 e. The van der Waals surface area contributed by atoms with Gasteiger partial charge in [-0.2, -0.15) is 5.10 Å². The van der Waals surface area contributed by atoms with Crippen molar-refractivity contribution in [3.05, 3.63) is 53.3 Å². The van der Waals surface area contributed by atoms with E-state index in [9.17, 15) is 9.90 Å². The second-order valence-electron chi connectivity index (χ2n) is 6.06. The summed E-state index contributed by atoms with van der Waals surface area (Å²) in [6, 6.07) is 8.33. The Morgan fingerprint density at radius 3 is 3.00 bits per heavy atom. The van der Waals surface area contributed by atoms with Crippen LogP contribution in [0, 0.1) is 0 Å². The van der Waals surface area contributed by atoms with E-state index >= 15 is 0 Å². The van der Waals surface area contributed by atoms with Gasteiger partial charge in [0.15, 0.2) is 0 Å². The van der Waals surface area contributed by atoms with Gasteiger partial charge in [-0.3, -0.25) is 9.48 Å². The molecule has 1 unspecified atom stereocenters. The first-order valence-corrected chi connectivity index (χ1v) is 7.78. The fourth-order valence-corrected chi connectivity index (χ4v) is 3.08. The van der Waals surface area contributed by atoms with Crippen LogP contribution in [0.1, 0.15) is 34.3 Å². The Hall–Kier alpha value is -2.18. The number of aliphatic hydroxyl groups is 2. The molecule has 3 rings (SSSR count). The maximum Gasteiger partial charge on any atom is 0.254 e. The smallest absolute Gasteiger partial charge is 0.254 e. The van der Waals surface area contributed by atoms with E-state index in [2.05, 4.69) is 29.5 Å². The van der Waals surface area contributed by atoms with E-state index in [4.69, 9.17) is 5.11 Å². The van der Waals surface area contributed by atoms with Gasteiger partial charge in [-0.15, -0.1) is 0 Å². The van der Waals surface area contributed by atoms with Crippen LogP contribution >= 0.6 is 0 Å². The minimum absolute atomic E-state index is 0.0753. The number of rotatable bonds is 5. The molecular formula is C17H21N3O3. The number of nitrogens with zero attached hydrogens (tertiary/aromatic N) is 2. The Kier molecular flexibility index (Phi) is 4.45. The van der Waals surface area contributed by atoms with E-state index in [1.165, 1.54) is 22.0 Å². The molecule has 1 amide bonds. The average Bonchev–Trinajstić information content (AvgIpc) is 3.13. The number of fused-ring (bicyclic) bond motifs is 1. The third kappa shape index (κ3) is 3.28. The number of aromatic nitrogens is 2. The van der Waals surface area contributed by atoms with Crippen molar-refractivity contribution in [2.24, 2.45) is 0 Å². The molecule has 1 heterocycles. The summed E-state index contributed by atoms with van der Waals surface area (Å²) in [5.41, 5.74) is 3.03. The molecule has 0 aliphatic heterocycles. The third-order valence-corrected chi connectivity index (χ3v) is 4.41. The van der Waals surface area contributed by atoms with Crippen molar-refractivity contribution in [3.8, 4) is 0 Å². The van der Waals surface area contributed by atoms with Gasteiger partial charge < -0.3 is 15.5 Å². The molecule has 0 saturated carbocycles. The highest BCUT2D eigenvalue weighted by Crippen LogP contribution is 2.32. The Balaban J connectivity index is 1.64. The quantitative estimate of drug-likeness (QED) is 0.758. The van der Waals surface area contributed by atoms with Gasteiger partial charge in [-0.1, -0.05) is 31.2 Å². The number of carbonyl (C=O) groups is 1. The van der Waals surface area contributed by atoms with E-state index in [1.807, 2.05) is 12.1 Å². The van der Waals surface area contributed by atoms with Crippen LogP contribution in [-0.2, 0) is 13.0 Å². The zero-order chi connectivity index (χ0) is 16.4. The fourth-order valence-electron chi connectivity index (χ4n) is 3.08. The lowest BCUT2D eigenvalue weighted by molar-refractivity contribution is 0.0781. The number of amides is 1. The van der Waals surface area contributed by atoms with Gasteiger partial charge in [0, 0.05) is 18.2 Å². The van der Waals surface area contributed by atoms with Crippen LogP contribution in [0.25, 0.3) is 0 Å². The molecule has 1 aliphatic rings. The summed E-state index contributed by atoms with van der Waals surface area (Å²) in [6.45, 7) is 1.95. The molecule has 1 aromatic heterocycles. The van der Waals surface area contributed by atoms with Gasteiger partial charge in [0.05, 0.1) is 31.0 Å². The maximum absolute atomic E-state index is 12.4. The molecule has 3 atom stereocenters. The molecule has 0 radical (unpaired) electrons. The van der Waals surface area contributed by atoms with Crippen molar-refractivity contribution in [1.29, 1.82) is 0 Å². The predicted octanol–water partition coefficient (Wildman–Crippen LogP) is 0.694. The van der Waals surface area contributed by atoms with Gasteiger partial charge in [0.2, 0.25) is 0 Å². The topological polar surface area (TPSA) is 87.4 Å². The molecule has 0 saturated heterocycles. The molecule has 122 valence electrons. The van der Waals surface area contributed by atoms with Crippen molar-refractivity contribution in [2.45, 2.75) is 38.0 Å². The first kappa shape index (κ1) is 15.7. The van der Waals surface area contributed by atoms with Crippen LogP contribution in [0.2, 0.25) is 0 Å². The number of hydrogen-bond donors (Lipinski definition) is 3. The molecule has 3 N–H and O–H groups in total. The maximum atomic E-state index is 12.4. The number of hydrogen-bond acceptors (Lipinski definition) is 4. The molecule has 0 bridgehead atoms. The zero-order valence-corrected chi connectivity index (χ0v) is 13.0. The van der Waals surface area contributed by atoms with Gasteiger partial charge >= 0.3 is 0 Å².